The third-order valence-corrected chi connectivity index (χ3v) is 4.81. The van der Waals surface area contributed by atoms with Gasteiger partial charge < -0.3 is 20.3 Å². The average Bonchev–Trinajstić information content (AvgIpc) is 2.95. The van der Waals surface area contributed by atoms with E-state index >= 15 is 0 Å². The summed E-state index contributed by atoms with van der Waals surface area (Å²) < 4.78 is 5.16. The molecule has 0 spiro atoms. The second-order valence-corrected chi connectivity index (χ2v) is 6.68. The largest absolute Gasteiger partial charge is 0.497 e. The van der Waals surface area contributed by atoms with E-state index in [0.717, 1.165) is 43.7 Å². The molecular formula is C20H31N3O3. The van der Waals surface area contributed by atoms with Gasteiger partial charge in [-0.1, -0.05) is 31.9 Å². The Labute approximate surface area is 156 Å². The molecule has 0 aromatic heterocycles. The Bertz CT molecular complexity index is 566. The summed E-state index contributed by atoms with van der Waals surface area (Å²) in [4.78, 5) is 26.3. The molecule has 2 N–H and O–H groups in total. The highest BCUT2D eigenvalue weighted by Crippen LogP contribution is 2.19. The Kier molecular flexibility index (Phi) is 8.25. The molecule has 3 amide bonds. The lowest BCUT2D eigenvalue weighted by molar-refractivity contribution is -0.131. The fourth-order valence-corrected chi connectivity index (χ4v) is 3.23. The fourth-order valence-electron chi connectivity index (χ4n) is 3.23. The first kappa shape index (κ1) is 20.1. The maximum atomic E-state index is 12.2. The number of ether oxygens (including phenoxy) is 1. The minimum absolute atomic E-state index is 0.0674. The van der Waals surface area contributed by atoms with Gasteiger partial charge in [0.1, 0.15) is 5.75 Å². The number of hydrogen-bond donors (Lipinski definition) is 2. The number of nitrogens with zero attached hydrogens (tertiary/aromatic N) is 1. The number of amides is 3. The minimum Gasteiger partial charge on any atom is -0.497 e. The number of carbonyl (C=O) groups excluding carboxylic acids is 2. The van der Waals surface area contributed by atoms with Crippen molar-refractivity contribution in [2.75, 3.05) is 26.7 Å². The molecule has 1 aromatic carbocycles. The van der Waals surface area contributed by atoms with Crippen LogP contribution in [0, 0.1) is 0 Å². The van der Waals surface area contributed by atoms with Crippen molar-refractivity contribution < 1.29 is 14.3 Å². The van der Waals surface area contributed by atoms with Gasteiger partial charge in [0.05, 0.1) is 13.2 Å². The van der Waals surface area contributed by atoms with Crippen LogP contribution in [-0.4, -0.2) is 43.6 Å². The molecular weight excluding hydrogens is 330 g/mol. The second kappa shape index (κ2) is 10.7. The molecule has 2 rings (SSSR count). The molecule has 26 heavy (non-hydrogen) atoms. The summed E-state index contributed by atoms with van der Waals surface area (Å²) in [6.07, 6.45) is 5.71. The number of benzene rings is 1. The van der Waals surface area contributed by atoms with Gasteiger partial charge in [0.15, 0.2) is 0 Å². The molecule has 0 aliphatic carbocycles. The van der Waals surface area contributed by atoms with Crippen LogP contribution in [0.3, 0.4) is 0 Å². The molecule has 0 bridgehead atoms. The maximum absolute atomic E-state index is 12.2. The second-order valence-electron chi connectivity index (χ2n) is 6.68. The first-order valence-electron chi connectivity index (χ1n) is 9.60. The zero-order valence-corrected chi connectivity index (χ0v) is 15.9. The van der Waals surface area contributed by atoms with Gasteiger partial charge in [-0.05, 0) is 37.0 Å². The van der Waals surface area contributed by atoms with Crippen LogP contribution in [0.2, 0.25) is 0 Å². The van der Waals surface area contributed by atoms with E-state index in [4.69, 9.17) is 4.74 Å². The first-order valence-corrected chi connectivity index (χ1v) is 9.60. The molecule has 1 heterocycles. The van der Waals surface area contributed by atoms with Crippen molar-refractivity contribution in [1.82, 2.24) is 15.5 Å². The van der Waals surface area contributed by atoms with Crippen LogP contribution < -0.4 is 15.4 Å². The van der Waals surface area contributed by atoms with Crippen molar-refractivity contribution in [3.63, 3.8) is 0 Å². The summed E-state index contributed by atoms with van der Waals surface area (Å²) >= 11 is 0. The molecule has 144 valence electrons. The Morgan fingerprint density at radius 1 is 1.12 bits per heavy atom. The van der Waals surface area contributed by atoms with E-state index < -0.39 is 0 Å². The zero-order valence-electron chi connectivity index (χ0n) is 15.9. The molecule has 6 nitrogen and oxygen atoms in total. The van der Waals surface area contributed by atoms with Crippen molar-refractivity contribution in [3.05, 3.63) is 29.8 Å². The SMILES string of the molecule is CC[C@@H](NC(=O)NCCC(=O)N1CCCCCC1)c1ccc(OC)cc1. The van der Waals surface area contributed by atoms with Gasteiger partial charge in [-0.25, -0.2) is 4.79 Å². The van der Waals surface area contributed by atoms with Crippen LogP contribution in [0.1, 0.15) is 57.1 Å². The molecule has 0 saturated carbocycles. The van der Waals surface area contributed by atoms with Crippen molar-refractivity contribution in [3.8, 4) is 5.75 Å². The Morgan fingerprint density at radius 2 is 1.77 bits per heavy atom. The lowest BCUT2D eigenvalue weighted by Gasteiger charge is -2.21. The highest BCUT2D eigenvalue weighted by molar-refractivity contribution is 5.78. The van der Waals surface area contributed by atoms with Gasteiger partial charge in [0.25, 0.3) is 0 Å². The molecule has 0 radical (unpaired) electrons. The van der Waals surface area contributed by atoms with E-state index in [0.29, 0.717) is 13.0 Å². The van der Waals surface area contributed by atoms with Crippen LogP contribution >= 0.6 is 0 Å². The van der Waals surface area contributed by atoms with E-state index in [2.05, 4.69) is 10.6 Å². The number of methoxy groups -OCH3 is 1. The monoisotopic (exact) mass is 361 g/mol. The number of urea groups is 1. The number of likely N-dealkylation sites (tertiary alicyclic amines) is 1. The number of nitrogens with one attached hydrogen (secondary N) is 2. The highest BCUT2D eigenvalue weighted by atomic mass is 16.5. The van der Waals surface area contributed by atoms with Crippen LogP contribution in [0.4, 0.5) is 4.79 Å². The molecule has 1 aliphatic heterocycles. The molecule has 6 heteroatoms. The third kappa shape index (κ3) is 6.24. The summed E-state index contributed by atoms with van der Waals surface area (Å²) in [5.41, 5.74) is 1.03. The van der Waals surface area contributed by atoms with Gasteiger partial charge in [-0.3, -0.25) is 4.79 Å². The summed E-state index contributed by atoms with van der Waals surface area (Å²) in [5.74, 6) is 0.925. The Hall–Kier alpha value is -2.24. The summed E-state index contributed by atoms with van der Waals surface area (Å²) in [6, 6.07) is 7.37. The summed E-state index contributed by atoms with van der Waals surface area (Å²) in [7, 11) is 1.63. The summed E-state index contributed by atoms with van der Waals surface area (Å²) in [6.45, 7) is 4.08. The lowest BCUT2D eigenvalue weighted by Crippen LogP contribution is -2.40. The summed E-state index contributed by atoms with van der Waals surface area (Å²) in [5, 5.41) is 5.77. The topological polar surface area (TPSA) is 70.7 Å². The maximum Gasteiger partial charge on any atom is 0.315 e. The standard InChI is InChI=1S/C20H31N3O3/c1-3-18(16-8-10-17(26-2)11-9-16)22-20(25)21-13-12-19(24)23-14-6-4-5-7-15-23/h8-11,18H,3-7,12-15H2,1-2H3,(H2,21,22,25)/t18-/m1/s1. The van der Waals surface area contributed by atoms with Crippen molar-refractivity contribution in [2.24, 2.45) is 0 Å². The number of hydrogen-bond acceptors (Lipinski definition) is 3. The molecule has 1 saturated heterocycles. The van der Waals surface area contributed by atoms with Crippen LogP contribution in [0.15, 0.2) is 24.3 Å². The van der Waals surface area contributed by atoms with Crippen molar-refractivity contribution in [2.45, 2.75) is 51.5 Å². The molecule has 1 aliphatic rings. The van der Waals surface area contributed by atoms with E-state index in [1.807, 2.05) is 36.1 Å². The van der Waals surface area contributed by atoms with E-state index in [9.17, 15) is 9.59 Å². The average molecular weight is 361 g/mol. The van der Waals surface area contributed by atoms with Gasteiger partial charge in [0.2, 0.25) is 5.91 Å². The normalized spacial score (nSPS) is 15.7. The van der Waals surface area contributed by atoms with Gasteiger partial charge in [0, 0.05) is 26.1 Å². The third-order valence-electron chi connectivity index (χ3n) is 4.81. The molecule has 1 aromatic rings. The van der Waals surface area contributed by atoms with Crippen LogP contribution in [-0.2, 0) is 4.79 Å². The predicted molar refractivity (Wildman–Crippen MR) is 102 cm³/mol. The van der Waals surface area contributed by atoms with Crippen molar-refractivity contribution >= 4 is 11.9 Å². The van der Waals surface area contributed by atoms with Crippen LogP contribution in [0.5, 0.6) is 5.75 Å². The molecule has 0 unspecified atom stereocenters. The fraction of sp³-hybridized carbons (Fsp3) is 0.600. The zero-order chi connectivity index (χ0) is 18.8. The van der Waals surface area contributed by atoms with Gasteiger partial charge in [-0.15, -0.1) is 0 Å². The van der Waals surface area contributed by atoms with Crippen LogP contribution in [0.25, 0.3) is 0 Å². The number of rotatable bonds is 7. The smallest absolute Gasteiger partial charge is 0.315 e. The quantitative estimate of drug-likeness (QED) is 0.783. The van der Waals surface area contributed by atoms with E-state index in [1.54, 1.807) is 7.11 Å². The van der Waals surface area contributed by atoms with Gasteiger partial charge in [-0.2, -0.15) is 0 Å². The molecule has 1 fully saturated rings. The van der Waals surface area contributed by atoms with Gasteiger partial charge >= 0.3 is 6.03 Å². The van der Waals surface area contributed by atoms with Crippen molar-refractivity contribution in [1.29, 1.82) is 0 Å². The highest BCUT2D eigenvalue weighted by Gasteiger charge is 2.16. The number of carbonyl (C=O) groups is 2. The lowest BCUT2D eigenvalue weighted by atomic mass is 10.0. The first-order chi connectivity index (χ1) is 12.6. The van der Waals surface area contributed by atoms with E-state index in [1.165, 1.54) is 12.8 Å². The minimum atomic E-state index is -0.240. The predicted octanol–water partition coefficient (Wildman–Crippen LogP) is 3.24. The Balaban J connectivity index is 1.74. The van der Waals surface area contributed by atoms with E-state index in [-0.39, 0.29) is 18.0 Å². The molecule has 1 atom stereocenters. The Morgan fingerprint density at radius 3 is 2.35 bits per heavy atom.